The summed E-state index contributed by atoms with van der Waals surface area (Å²) >= 11 is 0. The van der Waals surface area contributed by atoms with Crippen LogP contribution in [0.3, 0.4) is 0 Å². The number of aliphatic carboxylic acids is 1. The van der Waals surface area contributed by atoms with Gasteiger partial charge < -0.3 is 24.6 Å². The highest BCUT2D eigenvalue weighted by molar-refractivity contribution is 5.91. The standard InChI is InChI=1S/C27H26N2O6/c1-14-10-22(24-18-7-5-8-19(18)27(33)35-23(24)11-14)34-15(2)25(30)29-21(26(31)32)12-16-13-28-20-9-4-3-6-17(16)20/h3-4,6,9-11,13,15,21,28H,5,7-8,12H2,1-2H3,(H,29,30)(H,31,32)/t15-,21+/m1/s1. The first-order valence-electron chi connectivity index (χ1n) is 11.7. The molecule has 180 valence electrons. The molecular formula is C27H26N2O6. The Labute approximate surface area is 200 Å². The molecule has 1 aliphatic rings. The molecule has 0 saturated heterocycles. The van der Waals surface area contributed by atoms with E-state index in [9.17, 15) is 19.5 Å². The number of carboxylic acids is 1. The Morgan fingerprint density at radius 2 is 1.97 bits per heavy atom. The van der Waals surface area contributed by atoms with Gasteiger partial charge in [0.25, 0.3) is 5.91 Å². The molecule has 2 aromatic carbocycles. The summed E-state index contributed by atoms with van der Waals surface area (Å²) in [6.45, 7) is 3.43. The lowest BCUT2D eigenvalue weighted by atomic mass is 10.0. The number of amides is 1. The number of hydrogen-bond donors (Lipinski definition) is 3. The van der Waals surface area contributed by atoms with Gasteiger partial charge in [-0.25, -0.2) is 9.59 Å². The Bertz CT molecular complexity index is 1520. The summed E-state index contributed by atoms with van der Waals surface area (Å²) in [7, 11) is 0. The molecule has 0 radical (unpaired) electrons. The van der Waals surface area contributed by atoms with Crippen LogP contribution in [-0.4, -0.2) is 34.1 Å². The minimum atomic E-state index is -1.13. The molecule has 2 atom stereocenters. The average molecular weight is 475 g/mol. The van der Waals surface area contributed by atoms with E-state index in [0.717, 1.165) is 40.4 Å². The molecule has 1 aliphatic carbocycles. The molecule has 1 amide bonds. The number of ether oxygens (including phenoxy) is 1. The van der Waals surface area contributed by atoms with E-state index in [4.69, 9.17) is 9.15 Å². The third-order valence-electron chi connectivity index (χ3n) is 6.57. The van der Waals surface area contributed by atoms with Crippen LogP contribution in [-0.2, 0) is 28.9 Å². The Balaban J connectivity index is 1.38. The lowest BCUT2D eigenvalue weighted by Gasteiger charge is -2.20. The molecule has 3 N–H and O–H groups in total. The molecule has 4 aromatic rings. The Morgan fingerprint density at radius 1 is 1.20 bits per heavy atom. The summed E-state index contributed by atoms with van der Waals surface area (Å²) in [6.07, 6.45) is 3.18. The number of fused-ring (bicyclic) bond motifs is 4. The van der Waals surface area contributed by atoms with Crippen molar-refractivity contribution in [1.29, 1.82) is 0 Å². The summed E-state index contributed by atoms with van der Waals surface area (Å²) in [5.74, 6) is -1.22. The fourth-order valence-corrected chi connectivity index (χ4v) is 4.85. The van der Waals surface area contributed by atoms with Crippen LogP contribution >= 0.6 is 0 Å². The number of aromatic amines is 1. The largest absolute Gasteiger partial charge is 0.480 e. The molecule has 0 fully saturated rings. The molecule has 0 bridgehead atoms. The second-order valence-corrected chi connectivity index (χ2v) is 9.06. The van der Waals surface area contributed by atoms with Gasteiger partial charge in [0.1, 0.15) is 17.4 Å². The van der Waals surface area contributed by atoms with Crippen LogP contribution in [0.15, 0.2) is 51.8 Å². The number of aromatic nitrogens is 1. The zero-order valence-electron chi connectivity index (χ0n) is 19.5. The lowest BCUT2D eigenvalue weighted by Crippen LogP contribution is -2.47. The third-order valence-corrected chi connectivity index (χ3v) is 6.57. The van der Waals surface area contributed by atoms with Gasteiger partial charge >= 0.3 is 11.6 Å². The number of carbonyl (C=O) groups excluding carboxylic acids is 1. The van der Waals surface area contributed by atoms with Gasteiger partial charge in [-0.15, -0.1) is 0 Å². The molecule has 0 aliphatic heterocycles. The molecular weight excluding hydrogens is 448 g/mol. The van der Waals surface area contributed by atoms with E-state index in [1.165, 1.54) is 0 Å². The monoisotopic (exact) mass is 474 g/mol. The first kappa shape index (κ1) is 22.7. The maximum absolute atomic E-state index is 13.0. The van der Waals surface area contributed by atoms with Gasteiger partial charge in [-0.3, -0.25) is 4.79 Å². The van der Waals surface area contributed by atoms with Gasteiger partial charge in [-0.05, 0) is 68.0 Å². The molecule has 0 unspecified atom stereocenters. The molecule has 8 nitrogen and oxygen atoms in total. The van der Waals surface area contributed by atoms with Crippen molar-refractivity contribution < 1.29 is 23.8 Å². The average Bonchev–Trinajstić information content (AvgIpc) is 3.46. The van der Waals surface area contributed by atoms with E-state index in [1.807, 2.05) is 37.3 Å². The predicted octanol–water partition coefficient (Wildman–Crippen LogP) is 3.65. The number of para-hydroxylation sites is 1. The van der Waals surface area contributed by atoms with Crippen LogP contribution < -0.4 is 15.7 Å². The minimum Gasteiger partial charge on any atom is -0.480 e. The summed E-state index contributed by atoms with van der Waals surface area (Å²) in [4.78, 5) is 40.4. The van der Waals surface area contributed by atoms with Crippen LogP contribution in [0.1, 0.15) is 35.6 Å². The van der Waals surface area contributed by atoms with Gasteiger partial charge in [0.15, 0.2) is 6.10 Å². The molecule has 2 heterocycles. The van der Waals surface area contributed by atoms with Crippen molar-refractivity contribution in [2.45, 2.75) is 51.7 Å². The first-order valence-corrected chi connectivity index (χ1v) is 11.7. The van der Waals surface area contributed by atoms with Crippen molar-refractivity contribution in [3.05, 3.63) is 75.3 Å². The SMILES string of the molecule is Cc1cc(O[C@H](C)C(=O)N[C@@H](Cc2c[nH]c3ccccc23)C(=O)O)c2c3c(c(=O)oc2c1)CCC3. The van der Waals surface area contributed by atoms with Crippen LogP contribution in [0.4, 0.5) is 0 Å². The van der Waals surface area contributed by atoms with Crippen molar-refractivity contribution in [1.82, 2.24) is 10.3 Å². The molecule has 0 spiro atoms. The molecule has 8 heteroatoms. The highest BCUT2D eigenvalue weighted by Gasteiger charge is 2.27. The molecule has 5 rings (SSSR count). The minimum absolute atomic E-state index is 0.129. The number of carbonyl (C=O) groups is 2. The number of carboxylic acid groups (broad SMARTS) is 1. The van der Waals surface area contributed by atoms with Gasteiger partial charge in [0.2, 0.25) is 0 Å². The first-order chi connectivity index (χ1) is 16.8. The molecule has 35 heavy (non-hydrogen) atoms. The molecule has 0 saturated carbocycles. The summed E-state index contributed by atoms with van der Waals surface area (Å²) in [5, 5.41) is 14.0. The van der Waals surface area contributed by atoms with E-state index in [0.29, 0.717) is 28.7 Å². The van der Waals surface area contributed by atoms with Crippen LogP contribution in [0.2, 0.25) is 0 Å². The second kappa shape index (κ2) is 8.94. The quantitative estimate of drug-likeness (QED) is 0.352. The topological polar surface area (TPSA) is 122 Å². The maximum atomic E-state index is 13.0. The summed E-state index contributed by atoms with van der Waals surface area (Å²) in [6, 6.07) is 10.1. The van der Waals surface area contributed by atoms with Gasteiger partial charge in [0.05, 0.1) is 5.39 Å². The third kappa shape index (κ3) is 4.27. The van der Waals surface area contributed by atoms with E-state index in [2.05, 4.69) is 10.3 Å². The lowest BCUT2D eigenvalue weighted by molar-refractivity contribution is -0.142. The Morgan fingerprint density at radius 3 is 2.77 bits per heavy atom. The zero-order valence-corrected chi connectivity index (χ0v) is 19.5. The van der Waals surface area contributed by atoms with E-state index >= 15 is 0 Å². The Hall–Kier alpha value is -4.07. The van der Waals surface area contributed by atoms with Gasteiger partial charge in [-0.1, -0.05) is 18.2 Å². The van der Waals surface area contributed by atoms with Crippen molar-refractivity contribution in [2.75, 3.05) is 0 Å². The van der Waals surface area contributed by atoms with Crippen LogP contribution in [0.5, 0.6) is 5.75 Å². The number of benzene rings is 2. The fourth-order valence-electron chi connectivity index (χ4n) is 4.85. The van der Waals surface area contributed by atoms with E-state index < -0.39 is 24.0 Å². The highest BCUT2D eigenvalue weighted by atomic mass is 16.5. The number of aryl methyl sites for hydroxylation is 2. The predicted molar refractivity (Wildman–Crippen MR) is 131 cm³/mol. The van der Waals surface area contributed by atoms with E-state index in [1.54, 1.807) is 19.2 Å². The van der Waals surface area contributed by atoms with Crippen LogP contribution in [0.25, 0.3) is 21.9 Å². The number of hydrogen-bond acceptors (Lipinski definition) is 5. The number of H-pyrrole nitrogens is 1. The zero-order chi connectivity index (χ0) is 24.7. The van der Waals surface area contributed by atoms with Crippen molar-refractivity contribution in [2.24, 2.45) is 0 Å². The van der Waals surface area contributed by atoms with Crippen molar-refractivity contribution in [3.63, 3.8) is 0 Å². The maximum Gasteiger partial charge on any atom is 0.339 e. The molecule has 2 aromatic heterocycles. The summed E-state index contributed by atoms with van der Waals surface area (Å²) < 4.78 is 11.6. The highest BCUT2D eigenvalue weighted by Crippen LogP contribution is 2.35. The van der Waals surface area contributed by atoms with Crippen molar-refractivity contribution in [3.8, 4) is 5.75 Å². The number of rotatable bonds is 7. The second-order valence-electron chi connectivity index (χ2n) is 9.06. The van der Waals surface area contributed by atoms with Crippen LogP contribution in [0, 0.1) is 6.92 Å². The van der Waals surface area contributed by atoms with Gasteiger partial charge in [-0.2, -0.15) is 0 Å². The normalized spacial score (nSPS) is 14.6. The van der Waals surface area contributed by atoms with Gasteiger partial charge in [0, 0.05) is 29.1 Å². The number of nitrogens with one attached hydrogen (secondary N) is 2. The van der Waals surface area contributed by atoms with E-state index in [-0.39, 0.29) is 12.0 Å². The smallest absolute Gasteiger partial charge is 0.339 e. The van der Waals surface area contributed by atoms with Crippen molar-refractivity contribution >= 4 is 33.7 Å². The Kier molecular flexibility index (Phi) is 5.80. The fraction of sp³-hybridized carbons (Fsp3) is 0.296. The summed E-state index contributed by atoms with van der Waals surface area (Å²) in [5.41, 5.74) is 4.20.